The van der Waals surface area contributed by atoms with Gasteiger partial charge in [0, 0.05) is 4.47 Å². The summed E-state index contributed by atoms with van der Waals surface area (Å²) in [5, 5.41) is 11.7. The Balaban J connectivity index is 2.91. The Morgan fingerprint density at radius 2 is 2.05 bits per heavy atom. The average Bonchev–Trinajstić information content (AvgIpc) is 2.36. The number of carbonyl (C=O) groups excluding carboxylic acids is 1. The maximum Gasteiger partial charge on any atom is 0.326 e. The van der Waals surface area contributed by atoms with Crippen LogP contribution in [0.3, 0.4) is 0 Å². The first kappa shape index (κ1) is 16.5. The second-order valence-electron chi connectivity index (χ2n) is 4.84. The van der Waals surface area contributed by atoms with Crippen LogP contribution >= 0.6 is 15.9 Å². The lowest BCUT2D eigenvalue weighted by Crippen LogP contribution is -2.41. The fourth-order valence-electron chi connectivity index (χ4n) is 1.78. The van der Waals surface area contributed by atoms with Crippen molar-refractivity contribution in [1.29, 1.82) is 0 Å². The van der Waals surface area contributed by atoms with Crippen LogP contribution in [0.4, 0.5) is 0 Å². The van der Waals surface area contributed by atoms with Gasteiger partial charge in [-0.05, 0) is 30.5 Å². The lowest BCUT2D eigenvalue weighted by Gasteiger charge is -2.17. The quantitative estimate of drug-likeness (QED) is 0.832. The molecule has 1 aromatic carbocycles. The summed E-state index contributed by atoms with van der Waals surface area (Å²) in [6.07, 6.45) is 0.375. The largest absolute Gasteiger partial charge is 0.496 e. The molecule has 6 heteroatoms. The van der Waals surface area contributed by atoms with Crippen LogP contribution in [0.25, 0.3) is 0 Å². The Morgan fingerprint density at radius 1 is 1.40 bits per heavy atom. The van der Waals surface area contributed by atoms with Crippen molar-refractivity contribution in [2.24, 2.45) is 5.92 Å². The predicted molar refractivity (Wildman–Crippen MR) is 79.0 cm³/mol. The van der Waals surface area contributed by atoms with Gasteiger partial charge in [-0.2, -0.15) is 0 Å². The van der Waals surface area contributed by atoms with Gasteiger partial charge in [-0.25, -0.2) is 4.79 Å². The Morgan fingerprint density at radius 3 is 2.55 bits per heavy atom. The van der Waals surface area contributed by atoms with E-state index in [1.54, 1.807) is 18.2 Å². The van der Waals surface area contributed by atoms with E-state index in [0.717, 1.165) is 4.47 Å². The number of aliphatic carboxylic acids is 1. The van der Waals surface area contributed by atoms with Crippen molar-refractivity contribution in [3.63, 3.8) is 0 Å². The van der Waals surface area contributed by atoms with Crippen LogP contribution in [0.1, 0.15) is 30.6 Å². The summed E-state index contributed by atoms with van der Waals surface area (Å²) in [7, 11) is 1.46. The zero-order valence-corrected chi connectivity index (χ0v) is 13.2. The fourth-order valence-corrected chi connectivity index (χ4v) is 2.12. The molecular formula is C14H18BrNO4. The molecule has 2 N–H and O–H groups in total. The number of halogens is 1. The smallest absolute Gasteiger partial charge is 0.326 e. The van der Waals surface area contributed by atoms with Gasteiger partial charge in [0.1, 0.15) is 11.8 Å². The zero-order valence-electron chi connectivity index (χ0n) is 11.6. The molecule has 1 amide bonds. The van der Waals surface area contributed by atoms with Crippen molar-refractivity contribution in [3.05, 3.63) is 28.2 Å². The second-order valence-corrected chi connectivity index (χ2v) is 5.75. The fraction of sp³-hybridized carbons (Fsp3) is 0.429. The zero-order chi connectivity index (χ0) is 15.3. The molecule has 0 aliphatic carbocycles. The Bertz CT molecular complexity index is 502. The standard InChI is InChI=1S/C14H18BrNO4/c1-8(2)6-11(14(18)19)16-13(17)10-5-4-9(15)7-12(10)20-3/h4-5,7-8,11H,6H2,1-3H3,(H,16,17)(H,18,19)/t11-/m1/s1. The van der Waals surface area contributed by atoms with Gasteiger partial charge >= 0.3 is 5.97 Å². The van der Waals surface area contributed by atoms with Crippen molar-refractivity contribution < 1.29 is 19.4 Å². The highest BCUT2D eigenvalue weighted by Crippen LogP contribution is 2.23. The molecule has 0 spiro atoms. The number of carbonyl (C=O) groups is 2. The van der Waals surface area contributed by atoms with E-state index in [1.165, 1.54) is 7.11 Å². The third-order valence-corrected chi connectivity index (χ3v) is 3.21. The molecule has 0 aliphatic rings. The van der Waals surface area contributed by atoms with Crippen molar-refractivity contribution >= 4 is 27.8 Å². The molecule has 0 radical (unpaired) electrons. The molecule has 1 atom stereocenters. The van der Waals surface area contributed by atoms with E-state index in [-0.39, 0.29) is 5.92 Å². The number of amides is 1. The van der Waals surface area contributed by atoms with Gasteiger partial charge in [-0.1, -0.05) is 29.8 Å². The van der Waals surface area contributed by atoms with E-state index < -0.39 is 17.9 Å². The first-order chi connectivity index (χ1) is 9.35. The van der Waals surface area contributed by atoms with Crippen LogP contribution in [0.5, 0.6) is 5.75 Å². The molecule has 1 rings (SSSR count). The van der Waals surface area contributed by atoms with E-state index in [2.05, 4.69) is 21.2 Å². The first-order valence-corrected chi connectivity index (χ1v) is 7.01. The highest BCUT2D eigenvalue weighted by molar-refractivity contribution is 9.10. The summed E-state index contributed by atoms with van der Waals surface area (Å²) in [6, 6.07) is 4.05. The monoisotopic (exact) mass is 343 g/mol. The number of hydrogen-bond donors (Lipinski definition) is 2. The van der Waals surface area contributed by atoms with E-state index >= 15 is 0 Å². The molecule has 0 saturated carbocycles. The molecule has 1 aromatic rings. The number of ether oxygens (including phenoxy) is 1. The first-order valence-electron chi connectivity index (χ1n) is 6.22. The van der Waals surface area contributed by atoms with Crippen molar-refractivity contribution in [2.75, 3.05) is 7.11 Å². The summed E-state index contributed by atoms with van der Waals surface area (Å²) in [4.78, 5) is 23.3. The molecule has 20 heavy (non-hydrogen) atoms. The maximum atomic E-state index is 12.2. The molecule has 0 aromatic heterocycles. The van der Waals surface area contributed by atoms with Crippen molar-refractivity contribution in [2.45, 2.75) is 26.3 Å². The Hall–Kier alpha value is -1.56. The van der Waals surface area contributed by atoms with Crippen LogP contribution in [0.2, 0.25) is 0 Å². The normalized spacial score (nSPS) is 12.1. The lowest BCUT2D eigenvalue weighted by molar-refractivity contribution is -0.139. The highest BCUT2D eigenvalue weighted by atomic mass is 79.9. The van der Waals surface area contributed by atoms with Crippen LogP contribution in [0, 0.1) is 5.92 Å². The van der Waals surface area contributed by atoms with Gasteiger partial charge in [0.25, 0.3) is 5.91 Å². The topological polar surface area (TPSA) is 75.6 Å². The Kier molecular flexibility index (Phi) is 6.01. The molecule has 0 bridgehead atoms. The molecule has 0 heterocycles. The average molecular weight is 344 g/mol. The van der Waals surface area contributed by atoms with Gasteiger partial charge in [0.2, 0.25) is 0 Å². The predicted octanol–water partition coefficient (Wildman–Crippen LogP) is 2.69. The minimum absolute atomic E-state index is 0.170. The van der Waals surface area contributed by atoms with Crippen LogP contribution in [0.15, 0.2) is 22.7 Å². The third kappa shape index (κ3) is 4.52. The van der Waals surface area contributed by atoms with Gasteiger partial charge in [-0.15, -0.1) is 0 Å². The Labute approximate surface area is 126 Å². The minimum Gasteiger partial charge on any atom is -0.496 e. The van der Waals surface area contributed by atoms with Crippen molar-refractivity contribution in [1.82, 2.24) is 5.32 Å². The van der Waals surface area contributed by atoms with Gasteiger partial charge in [0.05, 0.1) is 12.7 Å². The molecule has 0 fully saturated rings. The summed E-state index contributed by atoms with van der Waals surface area (Å²) in [5.74, 6) is -0.931. The van der Waals surface area contributed by atoms with Crippen LogP contribution < -0.4 is 10.1 Å². The summed E-state index contributed by atoms with van der Waals surface area (Å²) < 4.78 is 5.91. The molecule has 5 nitrogen and oxygen atoms in total. The maximum absolute atomic E-state index is 12.2. The second kappa shape index (κ2) is 7.28. The van der Waals surface area contributed by atoms with E-state index in [1.807, 2.05) is 13.8 Å². The number of hydrogen-bond acceptors (Lipinski definition) is 3. The molecular weight excluding hydrogens is 326 g/mol. The number of nitrogens with one attached hydrogen (secondary N) is 1. The number of rotatable bonds is 6. The van der Waals surface area contributed by atoms with E-state index in [4.69, 9.17) is 9.84 Å². The SMILES string of the molecule is COc1cc(Br)ccc1C(=O)N[C@H](CC(C)C)C(=O)O. The van der Waals surface area contributed by atoms with Gasteiger partial charge < -0.3 is 15.2 Å². The summed E-state index contributed by atoms with van der Waals surface area (Å²) in [5.41, 5.74) is 0.311. The number of carboxylic acid groups (broad SMARTS) is 1. The molecule has 110 valence electrons. The summed E-state index contributed by atoms with van der Waals surface area (Å²) in [6.45, 7) is 3.81. The van der Waals surface area contributed by atoms with Gasteiger partial charge in [-0.3, -0.25) is 4.79 Å². The highest BCUT2D eigenvalue weighted by Gasteiger charge is 2.23. The van der Waals surface area contributed by atoms with Gasteiger partial charge in [0.15, 0.2) is 0 Å². The van der Waals surface area contributed by atoms with Crippen LogP contribution in [-0.2, 0) is 4.79 Å². The molecule has 0 unspecified atom stereocenters. The van der Waals surface area contributed by atoms with E-state index in [9.17, 15) is 9.59 Å². The minimum atomic E-state index is -1.04. The number of carboxylic acids is 1. The molecule has 0 aliphatic heterocycles. The van der Waals surface area contributed by atoms with Crippen LogP contribution in [-0.4, -0.2) is 30.1 Å². The number of methoxy groups -OCH3 is 1. The summed E-state index contributed by atoms with van der Waals surface area (Å²) >= 11 is 3.29. The molecule has 0 saturated heterocycles. The lowest BCUT2D eigenvalue weighted by atomic mass is 10.0. The number of benzene rings is 1. The third-order valence-electron chi connectivity index (χ3n) is 2.72. The van der Waals surface area contributed by atoms with Crippen molar-refractivity contribution in [3.8, 4) is 5.75 Å². The van der Waals surface area contributed by atoms with E-state index in [0.29, 0.717) is 17.7 Å².